The molecule has 14 heavy (non-hydrogen) atoms. The summed E-state index contributed by atoms with van der Waals surface area (Å²) >= 11 is 2.10. The molecule has 3 atom stereocenters. The van der Waals surface area contributed by atoms with Crippen molar-refractivity contribution in [2.75, 3.05) is 18.1 Å². The Morgan fingerprint density at radius 2 is 2.14 bits per heavy atom. The predicted molar refractivity (Wildman–Crippen MR) is 63.7 cm³/mol. The van der Waals surface area contributed by atoms with Gasteiger partial charge < -0.3 is 11.1 Å². The maximum absolute atomic E-state index is 5.78. The van der Waals surface area contributed by atoms with E-state index in [2.05, 4.69) is 17.1 Å². The van der Waals surface area contributed by atoms with Crippen molar-refractivity contribution in [1.29, 1.82) is 0 Å². The quantitative estimate of drug-likeness (QED) is 0.749. The zero-order valence-corrected chi connectivity index (χ0v) is 9.69. The molecule has 0 amide bonds. The number of hydrogen-bond donors (Lipinski definition) is 2. The summed E-state index contributed by atoms with van der Waals surface area (Å²) in [7, 11) is 0. The Labute approximate surface area is 91.4 Å². The first kappa shape index (κ1) is 10.8. The standard InChI is InChI=1S/C11H22N2S/c12-7-9-3-1-5-11(9)13-10-4-2-6-14-8-10/h9-11,13H,1-8,12H2. The van der Waals surface area contributed by atoms with E-state index in [0.717, 1.165) is 24.5 Å². The van der Waals surface area contributed by atoms with Crippen LogP contribution in [0.4, 0.5) is 0 Å². The molecule has 82 valence electrons. The van der Waals surface area contributed by atoms with Crippen molar-refractivity contribution in [1.82, 2.24) is 5.32 Å². The Morgan fingerprint density at radius 1 is 1.21 bits per heavy atom. The van der Waals surface area contributed by atoms with Crippen molar-refractivity contribution in [3.63, 3.8) is 0 Å². The molecular formula is C11H22N2S. The van der Waals surface area contributed by atoms with Crippen molar-refractivity contribution in [2.24, 2.45) is 11.7 Å². The van der Waals surface area contributed by atoms with Gasteiger partial charge in [-0.25, -0.2) is 0 Å². The Balaban J connectivity index is 1.77. The molecular weight excluding hydrogens is 192 g/mol. The van der Waals surface area contributed by atoms with Crippen molar-refractivity contribution >= 4 is 11.8 Å². The van der Waals surface area contributed by atoms with Gasteiger partial charge >= 0.3 is 0 Å². The van der Waals surface area contributed by atoms with Gasteiger partial charge in [0, 0.05) is 17.8 Å². The third kappa shape index (κ3) is 2.65. The molecule has 1 aliphatic heterocycles. The summed E-state index contributed by atoms with van der Waals surface area (Å²) in [6.07, 6.45) is 6.83. The van der Waals surface area contributed by atoms with Crippen LogP contribution >= 0.6 is 11.8 Å². The molecule has 1 saturated carbocycles. The molecule has 1 saturated heterocycles. The minimum absolute atomic E-state index is 0.726. The Kier molecular flexibility index (Phi) is 4.14. The van der Waals surface area contributed by atoms with E-state index in [4.69, 9.17) is 5.73 Å². The van der Waals surface area contributed by atoms with Crippen LogP contribution in [0.25, 0.3) is 0 Å². The Hall–Kier alpha value is 0.270. The fourth-order valence-electron chi connectivity index (χ4n) is 2.71. The van der Waals surface area contributed by atoms with Crippen molar-refractivity contribution in [3.05, 3.63) is 0 Å². The summed E-state index contributed by atoms with van der Waals surface area (Å²) in [5.41, 5.74) is 5.78. The average molecular weight is 214 g/mol. The topological polar surface area (TPSA) is 38.0 Å². The lowest BCUT2D eigenvalue weighted by molar-refractivity contribution is 0.359. The summed E-state index contributed by atoms with van der Waals surface area (Å²) in [5.74, 6) is 3.43. The summed E-state index contributed by atoms with van der Waals surface area (Å²) in [6, 6.07) is 1.49. The maximum Gasteiger partial charge on any atom is 0.0161 e. The molecule has 0 bridgehead atoms. The highest BCUT2D eigenvalue weighted by molar-refractivity contribution is 7.99. The van der Waals surface area contributed by atoms with E-state index in [1.165, 1.54) is 43.6 Å². The number of rotatable bonds is 3. The SMILES string of the molecule is NCC1CCCC1NC1CCCSC1. The maximum atomic E-state index is 5.78. The molecule has 3 unspecified atom stereocenters. The number of nitrogens with two attached hydrogens (primary N) is 1. The third-order valence-corrected chi connectivity index (χ3v) is 4.79. The molecule has 0 aromatic rings. The van der Waals surface area contributed by atoms with Crippen molar-refractivity contribution in [3.8, 4) is 0 Å². The molecule has 0 radical (unpaired) electrons. The third-order valence-electron chi connectivity index (χ3n) is 3.57. The number of nitrogens with one attached hydrogen (secondary N) is 1. The van der Waals surface area contributed by atoms with Gasteiger partial charge in [-0.1, -0.05) is 6.42 Å². The fourth-order valence-corrected chi connectivity index (χ4v) is 3.80. The van der Waals surface area contributed by atoms with Crippen LogP contribution in [0.2, 0.25) is 0 Å². The largest absolute Gasteiger partial charge is 0.330 e. The van der Waals surface area contributed by atoms with Crippen LogP contribution in [0, 0.1) is 5.92 Å². The monoisotopic (exact) mass is 214 g/mol. The van der Waals surface area contributed by atoms with Crippen molar-refractivity contribution in [2.45, 2.75) is 44.2 Å². The van der Waals surface area contributed by atoms with Gasteiger partial charge in [-0.2, -0.15) is 11.8 Å². The average Bonchev–Trinajstić information content (AvgIpc) is 2.67. The highest BCUT2D eigenvalue weighted by atomic mass is 32.2. The van der Waals surface area contributed by atoms with Crippen LogP contribution in [0.3, 0.4) is 0 Å². The van der Waals surface area contributed by atoms with Crippen LogP contribution < -0.4 is 11.1 Å². The molecule has 0 aromatic heterocycles. The van der Waals surface area contributed by atoms with Crippen LogP contribution in [-0.4, -0.2) is 30.1 Å². The van der Waals surface area contributed by atoms with Gasteiger partial charge in [0.05, 0.1) is 0 Å². The predicted octanol–water partition coefficient (Wildman–Crippen LogP) is 1.60. The second-order valence-electron chi connectivity index (χ2n) is 4.61. The van der Waals surface area contributed by atoms with E-state index in [1.807, 2.05) is 0 Å². The molecule has 2 nitrogen and oxygen atoms in total. The summed E-state index contributed by atoms with van der Waals surface area (Å²) in [6.45, 7) is 0.873. The van der Waals surface area contributed by atoms with E-state index in [0.29, 0.717) is 0 Å². The van der Waals surface area contributed by atoms with Crippen LogP contribution in [0.15, 0.2) is 0 Å². The second kappa shape index (κ2) is 5.38. The molecule has 0 aromatic carbocycles. The minimum Gasteiger partial charge on any atom is -0.330 e. The van der Waals surface area contributed by atoms with E-state index >= 15 is 0 Å². The summed E-state index contributed by atoms with van der Waals surface area (Å²) < 4.78 is 0. The van der Waals surface area contributed by atoms with E-state index in [9.17, 15) is 0 Å². The first-order valence-corrected chi connectivity index (χ1v) is 7.09. The Morgan fingerprint density at radius 3 is 2.86 bits per heavy atom. The molecule has 1 aliphatic carbocycles. The first-order chi connectivity index (χ1) is 6.90. The molecule has 3 heteroatoms. The zero-order chi connectivity index (χ0) is 9.80. The molecule has 2 rings (SSSR count). The highest BCUT2D eigenvalue weighted by Gasteiger charge is 2.28. The minimum atomic E-state index is 0.726. The summed E-state index contributed by atoms with van der Waals surface area (Å²) in [4.78, 5) is 0. The smallest absolute Gasteiger partial charge is 0.0161 e. The van der Waals surface area contributed by atoms with Gasteiger partial charge in [-0.3, -0.25) is 0 Å². The Bertz CT molecular complexity index is 169. The van der Waals surface area contributed by atoms with Crippen LogP contribution in [-0.2, 0) is 0 Å². The molecule has 0 spiro atoms. The van der Waals surface area contributed by atoms with Gasteiger partial charge in [0.25, 0.3) is 0 Å². The molecule has 1 heterocycles. The van der Waals surface area contributed by atoms with Crippen LogP contribution in [0.1, 0.15) is 32.1 Å². The van der Waals surface area contributed by atoms with E-state index in [1.54, 1.807) is 0 Å². The lowest BCUT2D eigenvalue weighted by atomic mass is 10.0. The first-order valence-electron chi connectivity index (χ1n) is 5.94. The molecule has 2 aliphatic rings. The van der Waals surface area contributed by atoms with E-state index < -0.39 is 0 Å². The van der Waals surface area contributed by atoms with Gasteiger partial charge in [0.1, 0.15) is 0 Å². The normalized spacial score (nSPS) is 38.8. The summed E-state index contributed by atoms with van der Waals surface area (Å²) in [5, 5.41) is 3.82. The lowest BCUT2D eigenvalue weighted by Gasteiger charge is -2.28. The van der Waals surface area contributed by atoms with Gasteiger partial charge in [-0.05, 0) is 43.9 Å². The zero-order valence-electron chi connectivity index (χ0n) is 8.87. The van der Waals surface area contributed by atoms with Gasteiger partial charge in [0.2, 0.25) is 0 Å². The van der Waals surface area contributed by atoms with Gasteiger partial charge in [0.15, 0.2) is 0 Å². The second-order valence-corrected chi connectivity index (χ2v) is 5.76. The lowest BCUT2D eigenvalue weighted by Crippen LogP contribution is -2.44. The molecule has 3 N–H and O–H groups in total. The fraction of sp³-hybridized carbons (Fsp3) is 1.00. The number of thioether (sulfide) groups is 1. The van der Waals surface area contributed by atoms with Crippen molar-refractivity contribution < 1.29 is 0 Å². The molecule has 2 fully saturated rings. The van der Waals surface area contributed by atoms with Crippen LogP contribution in [0.5, 0.6) is 0 Å². The number of hydrogen-bond acceptors (Lipinski definition) is 3. The van der Waals surface area contributed by atoms with Gasteiger partial charge in [-0.15, -0.1) is 0 Å². The highest BCUT2D eigenvalue weighted by Crippen LogP contribution is 2.26. The van der Waals surface area contributed by atoms with E-state index in [-0.39, 0.29) is 0 Å².